The van der Waals surface area contributed by atoms with Crippen LogP contribution < -0.4 is 10.1 Å². The van der Waals surface area contributed by atoms with E-state index in [0.717, 1.165) is 12.2 Å². The van der Waals surface area contributed by atoms with Gasteiger partial charge in [0.05, 0.1) is 7.11 Å². The van der Waals surface area contributed by atoms with Crippen LogP contribution in [0.1, 0.15) is 32.5 Å². The van der Waals surface area contributed by atoms with Crippen molar-refractivity contribution in [2.24, 2.45) is 0 Å². The molecule has 0 bridgehead atoms. The van der Waals surface area contributed by atoms with Crippen molar-refractivity contribution < 1.29 is 4.74 Å². The Bertz CT molecular complexity index is 557. The van der Waals surface area contributed by atoms with Crippen LogP contribution in [0.15, 0.2) is 24.3 Å². The smallest absolute Gasteiger partial charge is 0.119 e. The van der Waals surface area contributed by atoms with Crippen LogP contribution in [0, 0.1) is 0 Å². The van der Waals surface area contributed by atoms with E-state index in [4.69, 9.17) is 4.74 Å². The number of hydrogen-bond donors (Lipinski definition) is 1. The van der Waals surface area contributed by atoms with Crippen LogP contribution in [-0.2, 0) is 6.42 Å². The summed E-state index contributed by atoms with van der Waals surface area (Å²) < 4.78 is 7.73. The molecule has 19 heavy (non-hydrogen) atoms. The lowest BCUT2D eigenvalue weighted by molar-refractivity contribution is 0.415. The fourth-order valence-electron chi connectivity index (χ4n) is 2.58. The van der Waals surface area contributed by atoms with Crippen molar-refractivity contribution in [3.63, 3.8) is 0 Å². The van der Waals surface area contributed by atoms with Crippen LogP contribution in [-0.4, -0.2) is 24.8 Å². The Hall–Kier alpha value is -1.48. The van der Waals surface area contributed by atoms with Crippen LogP contribution in [0.4, 0.5) is 0 Å². The van der Waals surface area contributed by atoms with Gasteiger partial charge >= 0.3 is 0 Å². The molecular weight excluding hydrogens is 236 g/mol. The molecule has 0 saturated carbocycles. The Morgan fingerprint density at radius 2 is 1.95 bits per heavy atom. The molecule has 3 heteroatoms. The number of nitrogens with zero attached hydrogens (tertiary/aromatic N) is 1. The average molecular weight is 260 g/mol. The van der Waals surface area contributed by atoms with Gasteiger partial charge in [0.25, 0.3) is 0 Å². The number of rotatable bonds is 5. The van der Waals surface area contributed by atoms with E-state index in [1.807, 2.05) is 13.1 Å². The molecule has 1 aromatic heterocycles. The van der Waals surface area contributed by atoms with Gasteiger partial charge in [0.1, 0.15) is 5.75 Å². The molecule has 0 radical (unpaired) electrons. The molecule has 1 N–H and O–H groups in total. The number of ether oxygens (including phenoxy) is 1. The quantitative estimate of drug-likeness (QED) is 0.892. The number of aromatic nitrogens is 1. The first kappa shape index (κ1) is 13.9. The molecule has 0 fully saturated rings. The summed E-state index contributed by atoms with van der Waals surface area (Å²) in [7, 11) is 3.72. The first-order chi connectivity index (χ1) is 9.06. The van der Waals surface area contributed by atoms with E-state index in [9.17, 15) is 0 Å². The highest BCUT2D eigenvalue weighted by Crippen LogP contribution is 2.28. The molecular formula is C16H24N2O. The Labute approximate surface area is 115 Å². The van der Waals surface area contributed by atoms with Gasteiger partial charge in [-0.15, -0.1) is 0 Å². The summed E-state index contributed by atoms with van der Waals surface area (Å²) in [6, 6.07) is 9.52. The lowest BCUT2D eigenvalue weighted by Gasteiger charge is -2.17. The summed E-state index contributed by atoms with van der Waals surface area (Å²) >= 11 is 0. The zero-order valence-electron chi connectivity index (χ0n) is 12.5. The number of methoxy groups -OCH3 is 1. The molecule has 1 atom stereocenters. The Kier molecular flexibility index (Phi) is 4.15. The van der Waals surface area contributed by atoms with Gasteiger partial charge in [0.15, 0.2) is 0 Å². The van der Waals surface area contributed by atoms with E-state index in [0.29, 0.717) is 12.1 Å². The molecule has 2 aromatic rings. The number of fused-ring (bicyclic) bond motifs is 1. The maximum absolute atomic E-state index is 5.31. The number of benzene rings is 1. The normalized spacial score (nSPS) is 13.2. The van der Waals surface area contributed by atoms with Gasteiger partial charge < -0.3 is 14.6 Å². The minimum atomic E-state index is 0.463. The molecule has 1 aromatic carbocycles. The summed E-state index contributed by atoms with van der Waals surface area (Å²) in [5, 5.41) is 4.56. The van der Waals surface area contributed by atoms with Crippen molar-refractivity contribution in [3.05, 3.63) is 30.0 Å². The third kappa shape index (κ3) is 2.76. The lowest BCUT2D eigenvalue weighted by atomic mass is 10.1. The largest absolute Gasteiger partial charge is 0.497 e. The number of likely N-dealkylation sites (N-methyl/N-ethyl adjacent to an activating group) is 1. The second-order valence-electron chi connectivity index (χ2n) is 5.42. The Morgan fingerprint density at radius 3 is 2.53 bits per heavy atom. The fraction of sp³-hybridized carbons (Fsp3) is 0.500. The van der Waals surface area contributed by atoms with Crippen LogP contribution in [0.5, 0.6) is 5.75 Å². The van der Waals surface area contributed by atoms with Crippen LogP contribution in [0.3, 0.4) is 0 Å². The molecule has 0 aliphatic heterocycles. The molecule has 2 rings (SSSR count). The molecule has 0 spiro atoms. The predicted molar refractivity (Wildman–Crippen MR) is 81.1 cm³/mol. The Balaban J connectivity index is 2.52. The van der Waals surface area contributed by atoms with Crippen LogP contribution in [0.2, 0.25) is 0 Å². The monoisotopic (exact) mass is 260 g/mol. The average Bonchev–Trinajstić information content (AvgIpc) is 2.74. The van der Waals surface area contributed by atoms with Crippen molar-refractivity contribution in [1.29, 1.82) is 0 Å². The van der Waals surface area contributed by atoms with E-state index in [-0.39, 0.29) is 0 Å². The van der Waals surface area contributed by atoms with E-state index in [1.54, 1.807) is 7.11 Å². The highest BCUT2D eigenvalue weighted by atomic mass is 16.5. The molecule has 1 unspecified atom stereocenters. The minimum Gasteiger partial charge on any atom is -0.497 e. The summed E-state index contributed by atoms with van der Waals surface area (Å²) in [6.45, 7) is 6.68. The minimum absolute atomic E-state index is 0.463. The summed E-state index contributed by atoms with van der Waals surface area (Å²) in [5.74, 6) is 0.918. The highest BCUT2D eigenvalue weighted by Gasteiger charge is 2.13. The topological polar surface area (TPSA) is 26.2 Å². The van der Waals surface area contributed by atoms with Crippen LogP contribution in [0.25, 0.3) is 10.9 Å². The molecule has 0 amide bonds. The predicted octanol–water partition coefficient (Wildman–Crippen LogP) is 3.38. The van der Waals surface area contributed by atoms with Gasteiger partial charge in [-0.3, -0.25) is 0 Å². The third-order valence-corrected chi connectivity index (χ3v) is 3.65. The molecule has 1 heterocycles. The first-order valence-corrected chi connectivity index (χ1v) is 6.92. The molecule has 0 saturated heterocycles. The van der Waals surface area contributed by atoms with Crippen molar-refractivity contribution in [1.82, 2.24) is 9.88 Å². The second kappa shape index (κ2) is 5.66. The second-order valence-corrected chi connectivity index (χ2v) is 5.42. The van der Waals surface area contributed by atoms with E-state index in [1.165, 1.54) is 16.6 Å². The van der Waals surface area contributed by atoms with Crippen molar-refractivity contribution in [2.75, 3.05) is 14.2 Å². The van der Waals surface area contributed by atoms with Gasteiger partial charge in [0.2, 0.25) is 0 Å². The Morgan fingerprint density at radius 1 is 1.21 bits per heavy atom. The number of nitrogens with one attached hydrogen (secondary N) is 1. The van der Waals surface area contributed by atoms with Gasteiger partial charge in [-0.25, -0.2) is 0 Å². The zero-order valence-corrected chi connectivity index (χ0v) is 12.5. The maximum Gasteiger partial charge on any atom is 0.119 e. The third-order valence-electron chi connectivity index (χ3n) is 3.65. The molecule has 104 valence electrons. The van der Waals surface area contributed by atoms with E-state index < -0.39 is 0 Å². The summed E-state index contributed by atoms with van der Waals surface area (Å²) in [6.07, 6.45) is 1.03. The van der Waals surface area contributed by atoms with Gasteiger partial charge in [-0.1, -0.05) is 0 Å². The lowest BCUT2D eigenvalue weighted by Crippen LogP contribution is -2.25. The maximum atomic E-state index is 5.31. The summed E-state index contributed by atoms with van der Waals surface area (Å²) in [5.41, 5.74) is 2.66. The first-order valence-electron chi connectivity index (χ1n) is 6.92. The van der Waals surface area contributed by atoms with E-state index >= 15 is 0 Å². The fourth-order valence-corrected chi connectivity index (χ4v) is 2.58. The molecule has 0 aliphatic rings. The zero-order chi connectivity index (χ0) is 14.0. The van der Waals surface area contributed by atoms with Gasteiger partial charge in [-0.05, 0) is 52.1 Å². The van der Waals surface area contributed by atoms with Crippen molar-refractivity contribution in [2.45, 2.75) is 39.3 Å². The van der Waals surface area contributed by atoms with Gasteiger partial charge in [0, 0.05) is 35.1 Å². The SMILES string of the molecule is CNC(C)Cc1cc2cc(OC)ccc2n1C(C)C. The van der Waals surface area contributed by atoms with E-state index in [2.05, 4.69) is 48.9 Å². The molecule has 0 aliphatic carbocycles. The van der Waals surface area contributed by atoms with Crippen LogP contribution >= 0.6 is 0 Å². The highest BCUT2D eigenvalue weighted by molar-refractivity contribution is 5.83. The number of hydrogen-bond acceptors (Lipinski definition) is 2. The molecule has 3 nitrogen and oxygen atoms in total. The van der Waals surface area contributed by atoms with Gasteiger partial charge in [-0.2, -0.15) is 0 Å². The summed E-state index contributed by atoms with van der Waals surface area (Å²) in [4.78, 5) is 0. The van der Waals surface area contributed by atoms with Crippen molar-refractivity contribution >= 4 is 10.9 Å². The standard InChI is InChI=1S/C16H24N2O/c1-11(2)18-14(8-12(3)17-4)9-13-10-15(19-5)6-7-16(13)18/h6-7,9-12,17H,8H2,1-5H3. The van der Waals surface area contributed by atoms with Crippen molar-refractivity contribution in [3.8, 4) is 5.75 Å².